The van der Waals surface area contributed by atoms with E-state index >= 15 is 0 Å². The molecule has 2 fully saturated rings. The predicted molar refractivity (Wildman–Crippen MR) is 187 cm³/mol. The average molecular weight is 654 g/mol. The molecular weight excluding hydrogens is 606 g/mol. The number of imidazole rings is 1. The summed E-state index contributed by atoms with van der Waals surface area (Å²) >= 11 is 0. The van der Waals surface area contributed by atoms with Gasteiger partial charge in [-0.25, -0.2) is 24.5 Å². The van der Waals surface area contributed by atoms with Crippen molar-refractivity contribution in [3.63, 3.8) is 0 Å². The van der Waals surface area contributed by atoms with Crippen LogP contribution >= 0.6 is 0 Å². The Kier molecular flexibility index (Phi) is 9.31. The molecule has 1 unspecified atom stereocenters. The number of carbonyl (C=O) groups is 2. The van der Waals surface area contributed by atoms with E-state index in [0.717, 1.165) is 64.7 Å². The van der Waals surface area contributed by atoms with Gasteiger partial charge in [0.25, 0.3) is 0 Å². The molecule has 4 heterocycles. The van der Waals surface area contributed by atoms with Crippen molar-refractivity contribution >= 4 is 28.9 Å². The Hall–Kier alpha value is -4.67. The first-order valence-corrected chi connectivity index (χ1v) is 16.9. The van der Waals surface area contributed by atoms with Crippen molar-refractivity contribution < 1.29 is 19.1 Å². The topological polar surface area (TPSA) is 126 Å². The van der Waals surface area contributed by atoms with Gasteiger partial charge in [-0.05, 0) is 95.7 Å². The van der Waals surface area contributed by atoms with E-state index < -0.39 is 11.2 Å². The highest BCUT2D eigenvalue weighted by molar-refractivity contribution is 5.90. The summed E-state index contributed by atoms with van der Waals surface area (Å²) in [5, 5.41) is 5.53. The predicted octanol–water partition coefficient (Wildman–Crippen LogP) is 7.44. The molecule has 2 aromatic carbocycles. The summed E-state index contributed by atoms with van der Waals surface area (Å²) in [6.45, 7) is 13.3. The molecule has 2 aliphatic rings. The Morgan fingerprint density at radius 3 is 1.96 bits per heavy atom. The van der Waals surface area contributed by atoms with E-state index in [1.54, 1.807) is 4.90 Å². The van der Waals surface area contributed by atoms with Crippen LogP contribution in [0.2, 0.25) is 0 Å². The molecule has 48 heavy (non-hydrogen) atoms. The van der Waals surface area contributed by atoms with Crippen LogP contribution < -0.4 is 5.32 Å². The van der Waals surface area contributed by atoms with Crippen LogP contribution in [0.4, 0.5) is 15.5 Å². The van der Waals surface area contributed by atoms with Crippen molar-refractivity contribution in [3.05, 3.63) is 60.8 Å². The number of ether oxygens (including phenoxy) is 2. The second kappa shape index (κ2) is 13.4. The third-order valence-electron chi connectivity index (χ3n) is 8.70. The van der Waals surface area contributed by atoms with Crippen LogP contribution in [0.25, 0.3) is 33.2 Å². The summed E-state index contributed by atoms with van der Waals surface area (Å²) in [4.78, 5) is 46.2. The first-order chi connectivity index (χ1) is 22.8. The van der Waals surface area contributed by atoms with Crippen molar-refractivity contribution in [1.29, 1.82) is 0 Å². The smallest absolute Gasteiger partial charge is 0.410 e. The zero-order chi connectivity index (χ0) is 34.1. The fourth-order valence-electron chi connectivity index (χ4n) is 6.42. The number of likely N-dealkylation sites (tertiary alicyclic amines) is 2. The van der Waals surface area contributed by atoms with Gasteiger partial charge in [0.2, 0.25) is 5.95 Å². The van der Waals surface area contributed by atoms with Gasteiger partial charge in [0.05, 0.1) is 17.9 Å². The first-order valence-electron chi connectivity index (χ1n) is 16.9. The van der Waals surface area contributed by atoms with Gasteiger partial charge in [0.15, 0.2) is 0 Å². The number of benzene rings is 2. The number of aromatic amines is 1. The molecule has 6 rings (SSSR count). The first kappa shape index (κ1) is 33.2. The zero-order valence-electron chi connectivity index (χ0n) is 28.9. The minimum atomic E-state index is -0.518. The van der Waals surface area contributed by atoms with Crippen molar-refractivity contribution in [1.82, 2.24) is 29.7 Å². The lowest BCUT2D eigenvalue weighted by Gasteiger charge is -2.28. The average Bonchev–Trinajstić information content (AvgIpc) is 3.80. The van der Waals surface area contributed by atoms with E-state index in [2.05, 4.69) is 61.7 Å². The number of hydrogen-bond acceptors (Lipinski definition) is 8. The number of aromatic nitrogens is 4. The van der Waals surface area contributed by atoms with Crippen molar-refractivity contribution in [2.75, 3.05) is 25.0 Å². The van der Waals surface area contributed by atoms with Gasteiger partial charge in [-0.3, -0.25) is 0 Å². The Balaban J connectivity index is 1.07. The number of hydrogen-bond donors (Lipinski definition) is 2. The molecule has 2 saturated heterocycles. The number of anilines is 1. The fourth-order valence-corrected chi connectivity index (χ4v) is 6.42. The summed E-state index contributed by atoms with van der Waals surface area (Å²) in [5.74, 6) is 1.40. The summed E-state index contributed by atoms with van der Waals surface area (Å²) < 4.78 is 11.2. The lowest BCUT2D eigenvalue weighted by atomic mass is 10.0. The maximum Gasteiger partial charge on any atom is 0.410 e. The zero-order valence-corrected chi connectivity index (χ0v) is 28.9. The van der Waals surface area contributed by atoms with Crippen molar-refractivity contribution in [2.45, 2.75) is 96.9 Å². The van der Waals surface area contributed by atoms with E-state index in [9.17, 15) is 9.59 Å². The Morgan fingerprint density at radius 1 is 0.771 bits per heavy atom. The van der Waals surface area contributed by atoms with E-state index in [0.29, 0.717) is 32.0 Å². The molecule has 0 saturated carbocycles. The lowest BCUT2D eigenvalue weighted by Crippen LogP contribution is -2.42. The molecule has 0 aliphatic carbocycles. The molecule has 2 aliphatic heterocycles. The fraction of sp³-hybridized carbons (Fsp3) is 0.486. The highest BCUT2D eigenvalue weighted by atomic mass is 16.6. The van der Waals surface area contributed by atoms with Gasteiger partial charge in [-0.1, -0.05) is 24.3 Å². The number of rotatable bonds is 7. The maximum atomic E-state index is 12.7. The molecule has 2 atom stereocenters. The highest BCUT2D eigenvalue weighted by Crippen LogP contribution is 2.29. The van der Waals surface area contributed by atoms with Gasteiger partial charge >= 0.3 is 12.2 Å². The number of amides is 2. The second-order valence-electron chi connectivity index (χ2n) is 14.8. The molecule has 11 heteroatoms. The Morgan fingerprint density at radius 2 is 1.33 bits per heavy atom. The molecule has 254 valence electrons. The number of carbonyl (C=O) groups excluding carboxylic acids is 2. The standard InChI is InChI=1S/C37H47N7O4/c1-36(2,3)47-34(45)43-15-7-9-29(43)19-32-38-23-31(42-32)27-14-13-24-17-26(12-11-25(24)18-27)28-20-39-33(40-21-28)41-22-30-10-8-16-44(30)35(46)48-37(4,5)6/h11-14,17-18,20-21,23,29-30H,7-10,15-16,19,22H2,1-6H3,(H,38,42)(H,39,40,41)/t29?,30-/m0/s1. The van der Waals surface area contributed by atoms with Crippen molar-refractivity contribution in [2.24, 2.45) is 0 Å². The lowest BCUT2D eigenvalue weighted by molar-refractivity contribution is 0.0218. The molecular formula is C37H47N7O4. The second-order valence-corrected chi connectivity index (χ2v) is 14.8. The largest absolute Gasteiger partial charge is 0.444 e. The van der Waals surface area contributed by atoms with Gasteiger partial charge in [0, 0.05) is 55.6 Å². The summed E-state index contributed by atoms with van der Waals surface area (Å²) in [5.41, 5.74) is 2.92. The molecule has 0 bridgehead atoms. The molecule has 11 nitrogen and oxygen atoms in total. The molecule has 0 spiro atoms. The number of H-pyrrole nitrogens is 1. The molecule has 4 aromatic rings. The molecule has 2 amide bonds. The number of nitrogens with zero attached hydrogens (tertiary/aromatic N) is 5. The summed E-state index contributed by atoms with van der Waals surface area (Å²) in [6.07, 6.45) is 9.43. The van der Waals surface area contributed by atoms with Crippen LogP contribution in [0.15, 0.2) is 55.0 Å². The monoisotopic (exact) mass is 653 g/mol. The maximum absolute atomic E-state index is 12.7. The number of fused-ring (bicyclic) bond motifs is 1. The van der Waals surface area contributed by atoms with Crippen LogP contribution in [-0.4, -0.2) is 84.8 Å². The van der Waals surface area contributed by atoms with Crippen LogP contribution in [0, 0.1) is 0 Å². The molecule has 2 aromatic heterocycles. The van der Waals surface area contributed by atoms with Crippen LogP contribution in [0.1, 0.15) is 73.1 Å². The van der Waals surface area contributed by atoms with E-state index in [-0.39, 0.29) is 24.3 Å². The summed E-state index contributed by atoms with van der Waals surface area (Å²) in [6, 6.07) is 12.8. The third kappa shape index (κ3) is 8.06. The van der Waals surface area contributed by atoms with E-state index in [4.69, 9.17) is 9.47 Å². The number of nitrogens with one attached hydrogen (secondary N) is 2. The Bertz CT molecular complexity index is 1760. The van der Waals surface area contributed by atoms with Crippen LogP contribution in [-0.2, 0) is 15.9 Å². The SMILES string of the molecule is CC(C)(C)OC(=O)N1CCCC1Cc1ncc(-c2ccc3cc(-c4cnc(NC[C@@H]5CCCN5C(=O)OC(C)(C)C)nc4)ccc3c2)[nH]1. The quantitative estimate of drug-likeness (QED) is 0.211. The van der Waals surface area contributed by atoms with Gasteiger partial charge in [-0.15, -0.1) is 0 Å². The van der Waals surface area contributed by atoms with E-state index in [1.807, 2.05) is 65.0 Å². The highest BCUT2D eigenvalue weighted by Gasteiger charge is 2.33. The third-order valence-corrected chi connectivity index (χ3v) is 8.70. The van der Waals surface area contributed by atoms with Gasteiger partial charge in [0.1, 0.15) is 17.0 Å². The minimum Gasteiger partial charge on any atom is -0.444 e. The summed E-state index contributed by atoms with van der Waals surface area (Å²) in [7, 11) is 0. The van der Waals surface area contributed by atoms with E-state index in [1.165, 1.54) is 0 Å². The van der Waals surface area contributed by atoms with Crippen LogP contribution in [0.5, 0.6) is 0 Å². The normalized spacial score (nSPS) is 18.4. The van der Waals surface area contributed by atoms with Gasteiger partial charge < -0.3 is 29.6 Å². The molecule has 2 N–H and O–H groups in total. The van der Waals surface area contributed by atoms with Gasteiger partial charge in [-0.2, -0.15) is 0 Å². The Labute approximate surface area is 282 Å². The van der Waals surface area contributed by atoms with Crippen molar-refractivity contribution in [3.8, 4) is 22.4 Å². The minimum absolute atomic E-state index is 0.0451. The van der Waals surface area contributed by atoms with Crippen LogP contribution in [0.3, 0.4) is 0 Å². The molecule has 0 radical (unpaired) electrons.